The second kappa shape index (κ2) is 4.35. The number of halogens is 1. The molecule has 4 aliphatic rings. The van der Waals surface area contributed by atoms with E-state index in [1.165, 1.54) is 6.42 Å². The molecule has 0 amide bonds. The van der Waals surface area contributed by atoms with Crippen molar-refractivity contribution in [2.75, 3.05) is 0 Å². The van der Waals surface area contributed by atoms with Crippen molar-refractivity contribution >= 4 is 17.4 Å². The van der Waals surface area contributed by atoms with Crippen molar-refractivity contribution < 1.29 is 14.3 Å². The van der Waals surface area contributed by atoms with Crippen LogP contribution in [0.25, 0.3) is 0 Å². The molecule has 0 atom stereocenters. The van der Waals surface area contributed by atoms with Crippen LogP contribution >= 0.6 is 11.6 Å². The Morgan fingerprint density at radius 2 is 1.80 bits per heavy atom. The molecule has 0 aromatic carbocycles. The summed E-state index contributed by atoms with van der Waals surface area (Å²) in [5.41, 5.74) is -0.816. The van der Waals surface area contributed by atoms with E-state index in [2.05, 4.69) is 0 Å². The summed E-state index contributed by atoms with van der Waals surface area (Å²) >= 11 is 5.72. The zero-order valence-corrected chi connectivity index (χ0v) is 12.1. The van der Waals surface area contributed by atoms with E-state index in [1.807, 2.05) is 0 Å². The molecule has 1 aromatic rings. The molecule has 4 heteroatoms. The van der Waals surface area contributed by atoms with Crippen LogP contribution in [-0.4, -0.2) is 16.5 Å². The van der Waals surface area contributed by atoms with Crippen LogP contribution in [-0.2, 0) is 0 Å². The average molecular weight is 295 g/mol. The highest BCUT2D eigenvalue weighted by molar-refractivity contribution is 6.29. The molecule has 0 radical (unpaired) electrons. The number of carbonyl (C=O) groups is 1. The van der Waals surface area contributed by atoms with Gasteiger partial charge in [0.2, 0.25) is 5.78 Å². The summed E-state index contributed by atoms with van der Waals surface area (Å²) in [5.74, 6) is 2.32. The molecule has 0 aliphatic heterocycles. The van der Waals surface area contributed by atoms with Gasteiger partial charge in [-0.2, -0.15) is 0 Å². The number of aliphatic hydroxyl groups is 1. The summed E-state index contributed by atoms with van der Waals surface area (Å²) in [6.45, 7) is 0. The van der Waals surface area contributed by atoms with Gasteiger partial charge >= 0.3 is 0 Å². The molecule has 1 aromatic heterocycles. The van der Waals surface area contributed by atoms with E-state index in [0.717, 1.165) is 37.5 Å². The second-order valence-electron chi connectivity index (χ2n) is 7.00. The SMILES string of the molecule is O=C(CC1(O)C2CC3CC(C2)CC1C3)c1ccc(Cl)o1. The standard InChI is InChI=1S/C16H19ClO3/c17-15-2-1-14(20-15)13(18)8-16(19)11-4-9-3-10(6-11)7-12(16)5-9/h1-2,9-12,19H,3-8H2. The molecule has 0 unspecified atom stereocenters. The van der Waals surface area contributed by atoms with Crippen LogP contribution < -0.4 is 0 Å². The first-order valence-corrected chi connectivity index (χ1v) is 7.93. The number of hydrogen-bond donors (Lipinski definition) is 1. The maximum atomic E-state index is 12.3. The minimum atomic E-state index is -0.816. The van der Waals surface area contributed by atoms with Crippen molar-refractivity contribution in [1.82, 2.24) is 0 Å². The Kier molecular flexibility index (Phi) is 2.80. The molecule has 1 N–H and O–H groups in total. The monoisotopic (exact) mass is 294 g/mol. The number of carbonyl (C=O) groups excluding carboxylic acids is 1. The first-order valence-electron chi connectivity index (χ1n) is 7.55. The Hall–Kier alpha value is -0.800. The van der Waals surface area contributed by atoms with Gasteiger partial charge in [0.15, 0.2) is 11.0 Å². The Labute approximate surface area is 123 Å². The molecule has 20 heavy (non-hydrogen) atoms. The van der Waals surface area contributed by atoms with E-state index < -0.39 is 5.60 Å². The molecule has 1 heterocycles. The van der Waals surface area contributed by atoms with Gasteiger partial charge in [-0.1, -0.05) is 0 Å². The highest BCUT2D eigenvalue weighted by Gasteiger charge is 2.57. The summed E-state index contributed by atoms with van der Waals surface area (Å²) < 4.78 is 5.19. The van der Waals surface area contributed by atoms with Crippen LogP contribution in [0.1, 0.15) is 49.1 Å². The second-order valence-corrected chi connectivity index (χ2v) is 7.37. The molecule has 4 bridgehead atoms. The normalized spacial score (nSPS) is 42.1. The van der Waals surface area contributed by atoms with E-state index in [0.29, 0.717) is 11.8 Å². The molecule has 0 saturated heterocycles. The lowest BCUT2D eigenvalue weighted by Gasteiger charge is -2.58. The summed E-state index contributed by atoms with van der Waals surface area (Å²) in [6, 6.07) is 3.18. The predicted molar refractivity (Wildman–Crippen MR) is 74.7 cm³/mol. The lowest BCUT2D eigenvalue weighted by atomic mass is 9.49. The highest BCUT2D eigenvalue weighted by atomic mass is 35.5. The van der Waals surface area contributed by atoms with Gasteiger partial charge in [0.25, 0.3) is 0 Å². The summed E-state index contributed by atoms with van der Waals surface area (Å²) in [6.07, 6.45) is 5.90. The van der Waals surface area contributed by atoms with Crippen LogP contribution in [0.5, 0.6) is 0 Å². The van der Waals surface area contributed by atoms with Crippen molar-refractivity contribution in [3.05, 3.63) is 23.1 Å². The maximum absolute atomic E-state index is 12.3. The first kappa shape index (κ1) is 12.9. The van der Waals surface area contributed by atoms with Gasteiger partial charge < -0.3 is 9.52 Å². The summed E-state index contributed by atoms with van der Waals surface area (Å²) in [4.78, 5) is 12.3. The third kappa shape index (κ3) is 1.86. The Morgan fingerprint density at radius 3 is 2.30 bits per heavy atom. The fraction of sp³-hybridized carbons (Fsp3) is 0.688. The number of furan rings is 1. The predicted octanol–water partition coefficient (Wildman–Crippen LogP) is 3.69. The fourth-order valence-corrected chi connectivity index (χ4v) is 5.24. The molecule has 4 aliphatic carbocycles. The van der Waals surface area contributed by atoms with Crippen molar-refractivity contribution in [2.45, 2.75) is 44.1 Å². The quantitative estimate of drug-likeness (QED) is 0.865. The lowest BCUT2D eigenvalue weighted by Crippen LogP contribution is -2.58. The van der Waals surface area contributed by atoms with E-state index >= 15 is 0 Å². The van der Waals surface area contributed by atoms with Crippen molar-refractivity contribution in [3.8, 4) is 0 Å². The lowest BCUT2D eigenvalue weighted by molar-refractivity contribution is -0.170. The van der Waals surface area contributed by atoms with E-state index in [4.69, 9.17) is 16.0 Å². The Morgan fingerprint density at radius 1 is 1.20 bits per heavy atom. The maximum Gasteiger partial charge on any atom is 0.200 e. The molecule has 5 rings (SSSR count). The Bertz CT molecular complexity index is 520. The number of rotatable bonds is 3. The zero-order valence-electron chi connectivity index (χ0n) is 11.3. The third-order valence-electron chi connectivity index (χ3n) is 5.84. The summed E-state index contributed by atoms with van der Waals surface area (Å²) in [5, 5.41) is 11.4. The Balaban J connectivity index is 1.57. The molecule has 3 nitrogen and oxygen atoms in total. The van der Waals surface area contributed by atoms with Gasteiger partial charge in [0, 0.05) is 6.42 Å². The number of ketones is 1. The largest absolute Gasteiger partial charge is 0.442 e. The summed E-state index contributed by atoms with van der Waals surface area (Å²) in [7, 11) is 0. The van der Waals surface area contributed by atoms with Crippen molar-refractivity contribution in [2.24, 2.45) is 23.7 Å². The average Bonchev–Trinajstić information content (AvgIpc) is 2.82. The van der Waals surface area contributed by atoms with Crippen LogP contribution in [0.4, 0.5) is 0 Å². The first-order chi connectivity index (χ1) is 9.54. The van der Waals surface area contributed by atoms with Gasteiger partial charge in [-0.3, -0.25) is 4.79 Å². The van der Waals surface area contributed by atoms with Gasteiger partial charge in [-0.25, -0.2) is 0 Å². The van der Waals surface area contributed by atoms with Crippen LogP contribution in [0.2, 0.25) is 5.22 Å². The van der Waals surface area contributed by atoms with Crippen LogP contribution in [0, 0.1) is 23.7 Å². The molecule has 0 spiro atoms. The number of hydrogen-bond acceptors (Lipinski definition) is 3. The third-order valence-corrected chi connectivity index (χ3v) is 6.05. The fourth-order valence-electron chi connectivity index (χ4n) is 5.10. The molecular formula is C16H19ClO3. The molecule has 4 fully saturated rings. The van der Waals surface area contributed by atoms with Crippen LogP contribution in [0.3, 0.4) is 0 Å². The topological polar surface area (TPSA) is 50.4 Å². The minimum absolute atomic E-state index is 0.119. The zero-order chi connectivity index (χ0) is 13.9. The van der Waals surface area contributed by atoms with Crippen molar-refractivity contribution in [1.29, 1.82) is 0 Å². The van der Waals surface area contributed by atoms with Gasteiger partial charge in [0.05, 0.1) is 5.60 Å². The number of Topliss-reactive ketones (excluding diaryl/α,β-unsaturated/α-hetero) is 1. The van der Waals surface area contributed by atoms with E-state index in [-0.39, 0.29) is 23.2 Å². The minimum Gasteiger partial charge on any atom is -0.442 e. The van der Waals surface area contributed by atoms with Crippen molar-refractivity contribution in [3.63, 3.8) is 0 Å². The van der Waals surface area contributed by atoms with Gasteiger partial charge in [-0.15, -0.1) is 0 Å². The van der Waals surface area contributed by atoms with E-state index in [1.54, 1.807) is 12.1 Å². The van der Waals surface area contributed by atoms with E-state index in [9.17, 15) is 9.90 Å². The smallest absolute Gasteiger partial charge is 0.200 e. The molecule has 108 valence electrons. The van der Waals surface area contributed by atoms with Crippen LogP contribution in [0.15, 0.2) is 16.5 Å². The highest BCUT2D eigenvalue weighted by Crippen LogP contribution is 2.59. The van der Waals surface area contributed by atoms with Gasteiger partial charge in [-0.05, 0) is 79.5 Å². The molecular weight excluding hydrogens is 276 g/mol. The van der Waals surface area contributed by atoms with Gasteiger partial charge in [0.1, 0.15) is 0 Å². The molecule has 4 saturated carbocycles.